The number of carboxylic acids is 1. The fourth-order valence-corrected chi connectivity index (χ4v) is 1.53. The smallest absolute Gasteiger partial charge is 0.339 e. The summed E-state index contributed by atoms with van der Waals surface area (Å²) in [5, 5.41) is 23.6. The summed E-state index contributed by atoms with van der Waals surface area (Å²) in [7, 11) is 0. The minimum absolute atomic E-state index is 0.254. The number of hydrogen-bond donors (Lipinski definition) is 4. The van der Waals surface area contributed by atoms with Gasteiger partial charge in [-0.1, -0.05) is 6.92 Å². The largest absolute Gasteiger partial charge is 0.507 e. The van der Waals surface area contributed by atoms with E-state index < -0.39 is 12.0 Å². The van der Waals surface area contributed by atoms with Gasteiger partial charge in [0.2, 0.25) is 0 Å². The Morgan fingerprint density at radius 1 is 1.42 bits per heavy atom. The maximum absolute atomic E-state index is 11.6. The van der Waals surface area contributed by atoms with E-state index in [-0.39, 0.29) is 11.3 Å². The van der Waals surface area contributed by atoms with Crippen LogP contribution in [0.15, 0.2) is 18.2 Å². The zero-order valence-electron chi connectivity index (χ0n) is 10.6. The molecule has 6 nitrogen and oxygen atoms in total. The van der Waals surface area contributed by atoms with Crippen LogP contribution in [0.3, 0.4) is 0 Å². The maximum atomic E-state index is 11.6. The Morgan fingerprint density at radius 3 is 2.68 bits per heavy atom. The van der Waals surface area contributed by atoms with Crippen molar-refractivity contribution >= 4 is 29.4 Å². The van der Waals surface area contributed by atoms with Crippen LogP contribution < -0.4 is 10.6 Å². The molecule has 7 heteroatoms. The van der Waals surface area contributed by atoms with E-state index in [4.69, 9.17) is 5.11 Å². The number of aromatic hydroxyl groups is 1. The van der Waals surface area contributed by atoms with Crippen LogP contribution >= 0.6 is 11.8 Å². The van der Waals surface area contributed by atoms with Crippen molar-refractivity contribution in [2.75, 3.05) is 18.1 Å². The molecule has 1 aromatic rings. The first kappa shape index (κ1) is 15.2. The first-order chi connectivity index (χ1) is 8.93. The number of anilines is 1. The second-order valence-corrected chi connectivity index (χ2v) is 5.19. The van der Waals surface area contributed by atoms with Crippen molar-refractivity contribution < 1.29 is 19.8 Å². The first-order valence-corrected chi connectivity index (χ1v) is 6.86. The van der Waals surface area contributed by atoms with Gasteiger partial charge in [0.05, 0.1) is 0 Å². The van der Waals surface area contributed by atoms with Gasteiger partial charge in [-0.05, 0) is 24.5 Å². The van der Waals surface area contributed by atoms with E-state index in [2.05, 4.69) is 10.6 Å². The molecule has 0 radical (unpaired) electrons. The van der Waals surface area contributed by atoms with Crippen LogP contribution in [0.1, 0.15) is 17.3 Å². The molecule has 0 aromatic heterocycles. The quantitative estimate of drug-likeness (QED) is 0.620. The third kappa shape index (κ3) is 4.70. The first-order valence-electron chi connectivity index (χ1n) is 5.58. The van der Waals surface area contributed by atoms with E-state index in [1.54, 1.807) is 11.8 Å². The van der Waals surface area contributed by atoms with E-state index in [0.717, 1.165) is 0 Å². The van der Waals surface area contributed by atoms with Crippen molar-refractivity contribution in [2.45, 2.75) is 12.2 Å². The number of urea groups is 1. The van der Waals surface area contributed by atoms with Crippen LogP contribution in [0.5, 0.6) is 5.75 Å². The molecule has 104 valence electrons. The summed E-state index contributed by atoms with van der Waals surface area (Å²) in [4.78, 5) is 22.4. The van der Waals surface area contributed by atoms with Gasteiger partial charge in [0.15, 0.2) is 0 Å². The van der Waals surface area contributed by atoms with E-state index in [0.29, 0.717) is 17.5 Å². The van der Waals surface area contributed by atoms with E-state index in [1.165, 1.54) is 18.2 Å². The fraction of sp³-hybridized carbons (Fsp3) is 0.333. The topological polar surface area (TPSA) is 98.7 Å². The minimum Gasteiger partial charge on any atom is -0.507 e. The average molecular weight is 284 g/mol. The number of rotatable bonds is 5. The van der Waals surface area contributed by atoms with Crippen molar-refractivity contribution in [3.05, 3.63) is 23.8 Å². The van der Waals surface area contributed by atoms with E-state index >= 15 is 0 Å². The zero-order chi connectivity index (χ0) is 14.4. The second kappa shape index (κ2) is 6.89. The van der Waals surface area contributed by atoms with E-state index in [9.17, 15) is 14.7 Å². The Hall–Kier alpha value is -1.89. The highest BCUT2D eigenvalue weighted by atomic mass is 32.2. The SMILES string of the molecule is CSC(C)CNC(=O)Nc1ccc(O)c(C(=O)O)c1. The van der Waals surface area contributed by atoms with Gasteiger partial charge in [0, 0.05) is 17.5 Å². The monoisotopic (exact) mass is 284 g/mol. The summed E-state index contributed by atoms with van der Waals surface area (Å²) in [6.07, 6.45) is 1.95. The maximum Gasteiger partial charge on any atom is 0.339 e. The molecule has 0 aliphatic rings. The number of carboxylic acid groups (broad SMARTS) is 1. The van der Waals surface area contributed by atoms with Gasteiger partial charge in [-0.3, -0.25) is 0 Å². The third-order valence-corrected chi connectivity index (χ3v) is 3.41. The molecular formula is C12H16N2O4S. The van der Waals surface area contributed by atoms with Crippen LogP contribution in [0.4, 0.5) is 10.5 Å². The summed E-state index contributed by atoms with van der Waals surface area (Å²) in [5.74, 6) is -1.59. The predicted octanol–water partition coefficient (Wildman–Crippen LogP) is 1.96. The molecule has 0 heterocycles. The molecule has 0 saturated carbocycles. The molecule has 0 aliphatic carbocycles. The number of hydrogen-bond acceptors (Lipinski definition) is 4. The fourth-order valence-electron chi connectivity index (χ4n) is 1.28. The Labute approximate surface area is 115 Å². The molecule has 19 heavy (non-hydrogen) atoms. The molecule has 1 atom stereocenters. The predicted molar refractivity (Wildman–Crippen MR) is 75.1 cm³/mol. The van der Waals surface area contributed by atoms with Gasteiger partial charge < -0.3 is 20.8 Å². The lowest BCUT2D eigenvalue weighted by Crippen LogP contribution is -2.33. The number of thioether (sulfide) groups is 1. The van der Waals surface area contributed by atoms with Crippen LogP contribution in [-0.4, -0.2) is 40.3 Å². The molecule has 1 rings (SSSR count). The highest BCUT2D eigenvalue weighted by Crippen LogP contribution is 2.21. The number of benzene rings is 1. The Kier molecular flexibility index (Phi) is 5.50. The molecule has 2 amide bonds. The number of phenols is 1. The highest BCUT2D eigenvalue weighted by molar-refractivity contribution is 7.99. The van der Waals surface area contributed by atoms with Crippen LogP contribution in [0.2, 0.25) is 0 Å². The van der Waals surface area contributed by atoms with Crippen molar-refractivity contribution in [1.82, 2.24) is 5.32 Å². The molecule has 0 fully saturated rings. The Bertz CT molecular complexity index is 479. The number of carbonyl (C=O) groups is 2. The molecule has 0 aliphatic heterocycles. The Morgan fingerprint density at radius 2 is 2.11 bits per heavy atom. The summed E-state index contributed by atoms with van der Waals surface area (Å²) < 4.78 is 0. The lowest BCUT2D eigenvalue weighted by Gasteiger charge is -2.11. The molecule has 4 N–H and O–H groups in total. The van der Waals surface area contributed by atoms with Gasteiger partial charge in [0.1, 0.15) is 11.3 Å². The van der Waals surface area contributed by atoms with Crippen LogP contribution in [0.25, 0.3) is 0 Å². The van der Waals surface area contributed by atoms with Crippen molar-refractivity contribution in [3.63, 3.8) is 0 Å². The number of nitrogens with one attached hydrogen (secondary N) is 2. The van der Waals surface area contributed by atoms with Crippen molar-refractivity contribution in [3.8, 4) is 5.75 Å². The van der Waals surface area contributed by atoms with Crippen LogP contribution in [-0.2, 0) is 0 Å². The number of amides is 2. The average Bonchev–Trinajstić information content (AvgIpc) is 2.37. The molecule has 0 spiro atoms. The molecular weight excluding hydrogens is 268 g/mol. The number of aromatic carboxylic acids is 1. The van der Waals surface area contributed by atoms with Crippen LogP contribution in [0, 0.1) is 0 Å². The van der Waals surface area contributed by atoms with Gasteiger partial charge >= 0.3 is 12.0 Å². The van der Waals surface area contributed by atoms with Gasteiger partial charge in [-0.25, -0.2) is 9.59 Å². The van der Waals surface area contributed by atoms with E-state index in [1.807, 2.05) is 13.2 Å². The van der Waals surface area contributed by atoms with Crippen molar-refractivity contribution in [1.29, 1.82) is 0 Å². The second-order valence-electron chi connectivity index (χ2n) is 3.92. The standard InChI is InChI=1S/C12H16N2O4S/c1-7(19-2)6-13-12(18)14-8-3-4-10(15)9(5-8)11(16)17/h3-5,7,15H,6H2,1-2H3,(H,16,17)(H2,13,14,18). The van der Waals surface area contributed by atoms with Gasteiger partial charge in [0.25, 0.3) is 0 Å². The summed E-state index contributed by atoms with van der Waals surface area (Å²) in [5.41, 5.74) is 0.0554. The lowest BCUT2D eigenvalue weighted by atomic mass is 10.2. The van der Waals surface area contributed by atoms with Crippen molar-refractivity contribution in [2.24, 2.45) is 0 Å². The minimum atomic E-state index is -1.25. The highest BCUT2D eigenvalue weighted by Gasteiger charge is 2.11. The molecule has 0 saturated heterocycles. The summed E-state index contributed by atoms with van der Waals surface area (Å²) in [6.45, 7) is 2.49. The summed E-state index contributed by atoms with van der Waals surface area (Å²) in [6, 6.07) is 3.45. The molecule has 0 bridgehead atoms. The number of carbonyl (C=O) groups excluding carboxylic acids is 1. The Balaban J connectivity index is 2.64. The molecule has 1 unspecified atom stereocenters. The van der Waals surface area contributed by atoms with Gasteiger partial charge in [-0.2, -0.15) is 11.8 Å². The summed E-state index contributed by atoms with van der Waals surface area (Å²) >= 11 is 1.63. The lowest BCUT2D eigenvalue weighted by molar-refractivity contribution is 0.0693. The van der Waals surface area contributed by atoms with Gasteiger partial charge in [-0.15, -0.1) is 0 Å². The molecule has 1 aromatic carbocycles. The zero-order valence-corrected chi connectivity index (χ0v) is 11.5. The normalized spacial score (nSPS) is 11.7. The third-order valence-electron chi connectivity index (χ3n) is 2.44.